The van der Waals surface area contributed by atoms with Crippen molar-refractivity contribution in [2.45, 2.75) is 52.0 Å². The summed E-state index contributed by atoms with van der Waals surface area (Å²) in [4.78, 5) is 40.4. The van der Waals surface area contributed by atoms with Crippen molar-refractivity contribution in [3.05, 3.63) is 81.2 Å². The highest BCUT2D eigenvalue weighted by molar-refractivity contribution is 6.46. The van der Waals surface area contributed by atoms with Gasteiger partial charge in [0, 0.05) is 24.2 Å². The van der Waals surface area contributed by atoms with Crippen LogP contribution in [0.4, 0.5) is 10.1 Å². The van der Waals surface area contributed by atoms with Crippen molar-refractivity contribution in [3.63, 3.8) is 0 Å². The summed E-state index contributed by atoms with van der Waals surface area (Å²) in [5.74, 6) is -2.59. The topological polar surface area (TPSA) is 104 Å². The van der Waals surface area contributed by atoms with E-state index in [0.717, 1.165) is 45.3 Å². The second-order valence-electron chi connectivity index (χ2n) is 9.25. The number of rotatable bonds is 13. The van der Waals surface area contributed by atoms with Crippen LogP contribution in [0.2, 0.25) is 0 Å². The van der Waals surface area contributed by atoms with E-state index < -0.39 is 34.2 Å². The summed E-state index contributed by atoms with van der Waals surface area (Å²) in [7, 11) is 0. The number of Topliss-reactive ketones (excluding diaryl/α,β-unsaturated/α-hetero) is 1. The summed E-state index contributed by atoms with van der Waals surface area (Å²) in [5.41, 5.74) is 0.208. The van der Waals surface area contributed by atoms with Gasteiger partial charge in [0.05, 0.1) is 16.5 Å². The van der Waals surface area contributed by atoms with Crippen molar-refractivity contribution in [3.8, 4) is 0 Å². The van der Waals surface area contributed by atoms with Gasteiger partial charge in [-0.25, -0.2) is 4.39 Å². The van der Waals surface area contributed by atoms with E-state index in [1.807, 2.05) is 0 Å². The average Bonchev–Trinajstić information content (AvgIpc) is 3.14. The van der Waals surface area contributed by atoms with Crippen molar-refractivity contribution in [2.75, 3.05) is 26.2 Å². The quantitative estimate of drug-likeness (QED) is 0.126. The Morgan fingerprint density at radius 3 is 2.22 bits per heavy atom. The molecule has 0 aromatic heterocycles. The molecule has 0 radical (unpaired) electrons. The Labute approximate surface area is 216 Å². The molecule has 0 saturated carbocycles. The highest BCUT2D eigenvalue weighted by Crippen LogP contribution is 2.39. The first-order chi connectivity index (χ1) is 17.8. The van der Waals surface area contributed by atoms with Gasteiger partial charge in [-0.1, -0.05) is 38.8 Å². The lowest BCUT2D eigenvalue weighted by atomic mass is 9.95. The molecule has 0 bridgehead atoms. The number of carbonyl (C=O) groups is 2. The number of ketones is 1. The van der Waals surface area contributed by atoms with Gasteiger partial charge in [-0.2, -0.15) is 0 Å². The minimum atomic E-state index is -0.967. The summed E-state index contributed by atoms with van der Waals surface area (Å²) in [6.45, 7) is 7.22. The maximum absolute atomic E-state index is 14.2. The molecule has 1 saturated heterocycles. The number of halogens is 1. The van der Waals surface area contributed by atoms with Crippen LogP contribution in [0.25, 0.3) is 5.76 Å². The molecular formula is C28H34FN3O5. The molecule has 0 unspecified atom stereocenters. The van der Waals surface area contributed by atoms with Crippen molar-refractivity contribution in [2.24, 2.45) is 0 Å². The van der Waals surface area contributed by atoms with Gasteiger partial charge in [0.1, 0.15) is 11.6 Å². The molecule has 0 spiro atoms. The smallest absolute Gasteiger partial charge is 0.295 e. The van der Waals surface area contributed by atoms with E-state index in [4.69, 9.17) is 0 Å². The Bertz CT molecular complexity index is 1140. The molecule has 198 valence electrons. The van der Waals surface area contributed by atoms with Gasteiger partial charge in [-0.05, 0) is 68.7 Å². The van der Waals surface area contributed by atoms with Crippen molar-refractivity contribution in [1.29, 1.82) is 0 Å². The molecule has 37 heavy (non-hydrogen) atoms. The van der Waals surface area contributed by atoms with Crippen LogP contribution in [0.15, 0.2) is 54.1 Å². The molecule has 8 nitrogen and oxygen atoms in total. The third-order valence-corrected chi connectivity index (χ3v) is 6.59. The van der Waals surface area contributed by atoms with Gasteiger partial charge in [-0.15, -0.1) is 0 Å². The number of hydrogen-bond acceptors (Lipinski definition) is 6. The molecule has 1 aliphatic rings. The zero-order valence-electron chi connectivity index (χ0n) is 21.4. The van der Waals surface area contributed by atoms with E-state index in [-0.39, 0.29) is 23.4 Å². The second kappa shape index (κ2) is 13.1. The standard InChI is InChI=1S/C28H34FN3O5/c1-3-5-15-30(16-6-4-2)17-8-18-31-25(21-9-7-10-22(29)19-21)24(27(34)28(31)35)26(33)20-11-13-23(14-12-20)32(36)37/h7,9-14,19,25,33H,3-6,8,15-18H2,1-2H3/t25-/m1/s1. The van der Waals surface area contributed by atoms with Crippen LogP contribution in [-0.4, -0.2) is 57.7 Å². The first-order valence-electron chi connectivity index (χ1n) is 12.8. The minimum Gasteiger partial charge on any atom is -0.507 e. The van der Waals surface area contributed by atoms with E-state index in [2.05, 4.69) is 18.7 Å². The monoisotopic (exact) mass is 511 g/mol. The molecule has 1 heterocycles. The van der Waals surface area contributed by atoms with Crippen LogP contribution in [0, 0.1) is 15.9 Å². The number of benzene rings is 2. The number of nitro groups is 1. The fraction of sp³-hybridized carbons (Fsp3) is 0.429. The lowest BCUT2D eigenvalue weighted by Crippen LogP contribution is -2.34. The highest BCUT2D eigenvalue weighted by atomic mass is 19.1. The summed E-state index contributed by atoms with van der Waals surface area (Å²) in [5, 5.41) is 22.1. The molecule has 2 aromatic rings. The molecule has 1 N–H and O–H groups in total. The average molecular weight is 512 g/mol. The Balaban J connectivity index is 1.93. The van der Waals surface area contributed by atoms with Crippen LogP contribution < -0.4 is 0 Å². The van der Waals surface area contributed by atoms with Gasteiger partial charge in [0.25, 0.3) is 17.4 Å². The van der Waals surface area contributed by atoms with Crippen molar-refractivity contribution in [1.82, 2.24) is 9.80 Å². The Hall–Kier alpha value is -3.59. The molecule has 0 aliphatic carbocycles. The fourth-order valence-electron chi connectivity index (χ4n) is 4.59. The number of non-ortho nitro benzene ring substituents is 1. The van der Waals surface area contributed by atoms with E-state index in [1.54, 1.807) is 6.07 Å². The third kappa shape index (κ3) is 6.80. The summed E-state index contributed by atoms with van der Waals surface area (Å²) in [6, 6.07) is 9.73. The molecule has 1 atom stereocenters. The summed E-state index contributed by atoms with van der Waals surface area (Å²) < 4.78 is 14.2. The van der Waals surface area contributed by atoms with Crippen LogP contribution >= 0.6 is 0 Å². The highest BCUT2D eigenvalue weighted by Gasteiger charge is 2.46. The van der Waals surface area contributed by atoms with Gasteiger partial charge in [-0.3, -0.25) is 19.7 Å². The third-order valence-electron chi connectivity index (χ3n) is 6.59. The van der Waals surface area contributed by atoms with Gasteiger partial charge in [0.15, 0.2) is 0 Å². The molecule has 1 amide bonds. The maximum atomic E-state index is 14.2. The SMILES string of the molecule is CCCCN(CCCC)CCCN1C(=O)C(=O)C(=C(O)c2ccc([N+](=O)[O-])cc2)[C@H]1c1cccc(F)c1. The number of likely N-dealkylation sites (tertiary alicyclic amines) is 1. The van der Waals surface area contributed by atoms with E-state index >= 15 is 0 Å². The molecule has 2 aromatic carbocycles. The first kappa shape index (κ1) is 28.0. The van der Waals surface area contributed by atoms with Crippen molar-refractivity contribution < 1.29 is 24.0 Å². The zero-order chi connectivity index (χ0) is 26.9. The van der Waals surface area contributed by atoms with E-state index in [0.29, 0.717) is 12.0 Å². The maximum Gasteiger partial charge on any atom is 0.295 e. The van der Waals surface area contributed by atoms with Gasteiger partial charge in [0.2, 0.25) is 0 Å². The van der Waals surface area contributed by atoms with Crippen LogP contribution in [0.3, 0.4) is 0 Å². The number of aliphatic hydroxyl groups is 1. The van der Waals surface area contributed by atoms with Gasteiger partial charge >= 0.3 is 0 Å². The minimum absolute atomic E-state index is 0.154. The fourth-order valence-corrected chi connectivity index (χ4v) is 4.59. The lowest BCUT2D eigenvalue weighted by Gasteiger charge is -2.27. The molecular weight excluding hydrogens is 477 g/mol. The van der Waals surface area contributed by atoms with E-state index in [1.165, 1.54) is 47.4 Å². The lowest BCUT2D eigenvalue weighted by molar-refractivity contribution is -0.384. The van der Waals surface area contributed by atoms with Crippen LogP contribution in [-0.2, 0) is 9.59 Å². The molecule has 9 heteroatoms. The van der Waals surface area contributed by atoms with Gasteiger partial charge < -0.3 is 14.9 Å². The number of aliphatic hydroxyl groups excluding tert-OH is 1. The summed E-state index contributed by atoms with van der Waals surface area (Å²) in [6.07, 6.45) is 4.93. The van der Waals surface area contributed by atoms with E-state index in [9.17, 15) is 29.2 Å². The normalized spacial score (nSPS) is 17.1. The van der Waals surface area contributed by atoms with Crippen molar-refractivity contribution >= 4 is 23.1 Å². The number of nitrogens with zero attached hydrogens (tertiary/aromatic N) is 3. The number of unbranched alkanes of at least 4 members (excludes halogenated alkanes) is 2. The Morgan fingerprint density at radius 1 is 1.03 bits per heavy atom. The molecule has 1 fully saturated rings. The largest absolute Gasteiger partial charge is 0.507 e. The first-order valence-corrected chi connectivity index (χ1v) is 12.8. The second-order valence-corrected chi connectivity index (χ2v) is 9.25. The van der Waals surface area contributed by atoms with Crippen LogP contribution in [0.5, 0.6) is 0 Å². The predicted molar refractivity (Wildman–Crippen MR) is 139 cm³/mol. The number of hydrogen-bond donors (Lipinski definition) is 1. The Kier molecular flexibility index (Phi) is 9.91. The number of carbonyl (C=O) groups excluding carboxylic acids is 2. The predicted octanol–water partition coefficient (Wildman–Crippen LogP) is 5.45. The number of amides is 1. The summed E-state index contributed by atoms with van der Waals surface area (Å²) >= 11 is 0. The van der Waals surface area contributed by atoms with Crippen LogP contribution in [0.1, 0.15) is 63.1 Å². The number of nitro benzene ring substituents is 1. The molecule has 1 aliphatic heterocycles. The Morgan fingerprint density at radius 2 is 1.65 bits per heavy atom. The molecule has 3 rings (SSSR count). The zero-order valence-corrected chi connectivity index (χ0v) is 21.4.